The van der Waals surface area contributed by atoms with Gasteiger partial charge in [-0.25, -0.2) is 5.48 Å². The number of para-hydroxylation sites is 1. The van der Waals surface area contributed by atoms with Crippen molar-refractivity contribution < 1.29 is 10.0 Å². The van der Waals surface area contributed by atoms with Crippen LogP contribution in [0.1, 0.15) is 41.6 Å². The first-order valence-electron chi connectivity index (χ1n) is 10.2. The minimum absolute atomic E-state index is 0.443. The minimum Gasteiger partial charge on any atom is -0.361 e. The summed E-state index contributed by atoms with van der Waals surface area (Å²) in [5, 5.41) is 9.93. The van der Waals surface area contributed by atoms with Gasteiger partial charge in [0.2, 0.25) is 0 Å². The van der Waals surface area contributed by atoms with E-state index in [0.29, 0.717) is 6.04 Å². The molecule has 1 aliphatic rings. The van der Waals surface area contributed by atoms with Crippen molar-refractivity contribution in [3.63, 3.8) is 0 Å². The van der Waals surface area contributed by atoms with E-state index in [-0.39, 0.29) is 0 Å². The average Bonchev–Trinajstić information content (AvgIpc) is 3.37. The molecule has 0 bridgehead atoms. The summed E-state index contributed by atoms with van der Waals surface area (Å²) >= 11 is 0. The van der Waals surface area contributed by atoms with E-state index in [1.165, 1.54) is 33.7 Å². The molecular formula is C24H27N3O2. The van der Waals surface area contributed by atoms with E-state index < -0.39 is 5.91 Å². The summed E-state index contributed by atoms with van der Waals surface area (Å²) in [6.45, 7) is 4.28. The molecular weight excluding hydrogens is 362 g/mol. The van der Waals surface area contributed by atoms with Crippen LogP contribution in [0, 0.1) is 0 Å². The number of aromatic nitrogens is 1. The van der Waals surface area contributed by atoms with E-state index in [2.05, 4.69) is 59.4 Å². The number of rotatable bonds is 7. The number of hydroxylamine groups is 1. The number of aromatic amines is 1. The number of H-pyrrole nitrogens is 1. The SMILES string of the molecule is CCN(CCc1c[nH]c2ccccc12)[C@H]1CCc2cc(/C=C/C(=O)NO)ccc21. The Kier molecular flexibility index (Phi) is 5.79. The summed E-state index contributed by atoms with van der Waals surface area (Å²) in [7, 11) is 0. The van der Waals surface area contributed by atoms with Crippen LogP contribution in [0.4, 0.5) is 0 Å². The van der Waals surface area contributed by atoms with Crippen molar-refractivity contribution in [2.75, 3.05) is 13.1 Å². The number of hydrogen-bond donors (Lipinski definition) is 3. The second-order valence-corrected chi connectivity index (χ2v) is 7.56. The van der Waals surface area contributed by atoms with Gasteiger partial charge < -0.3 is 4.98 Å². The van der Waals surface area contributed by atoms with Gasteiger partial charge in [-0.2, -0.15) is 0 Å². The molecule has 1 atom stereocenters. The maximum absolute atomic E-state index is 11.2. The van der Waals surface area contributed by atoms with Gasteiger partial charge in [0.05, 0.1) is 0 Å². The Labute approximate surface area is 171 Å². The fourth-order valence-electron chi connectivity index (χ4n) is 4.44. The van der Waals surface area contributed by atoms with Crippen molar-refractivity contribution in [1.82, 2.24) is 15.4 Å². The minimum atomic E-state index is -0.516. The van der Waals surface area contributed by atoms with Crippen molar-refractivity contribution in [1.29, 1.82) is 0 Å². The van der Waals surface area contributed by atoms with Gasteiger partial charge in [0.1, 0.15) is 0 Å². The van der Waals surface area contributed by atoms with Crippen molar-refractivity contribution in [2.24, 2.45) is 0 Å². The first kappa shape index (κ1) is 19.4. The highest BCUT2D eigenvalue weighted by molar-refractivity contribution is 5.90. The summed E-state index contributed by atoms with van der Waals surface area (Å²) < 4.78 is 0. The number of nitrogens with one attached hydrogen (secondary N) is 2. The van der Waals surface area contributed by atoms with Crippen LogP contribution in [-0.2, 0) is 17.6 Å². The molecule has 0 saturated heterocycles. The van der Waals surface area contributed by atoms with Gasteiger partial charge in [-0.05, 0) is 60.2 Å². The van der Waals surface area contributed by atoms with Crippen molar-refractivity contribution in [3.05, 3.63) is 77.0 Å². The fraction of sp³-hybridized carbons (Fsp3) is 0.292. The normalized spacial score (nSPS) is 16.0. The standard InChI is InChI=1S/C24H27N3O2/c1-2-27(14-13-19-16-25-22-6-4-3-5-20(19)22)23-11-9-18-15-17(7-10-21(18)23)8-12-24(28)26-29/h3-8,10,12,15-16,23,25,29H,2,9,11,13-14H2,1H3,(H,26,28)/b12-8+/t23-/m0/s1. The molecule has 5 heteroatoms. The second-order valence-electron chi connectivity index (χ2n) is 7.56. The molecule has 1 aromatic heterocycles. The molecule has 3 N–H and O–H groups in total. The summed E-state index contributed by atoms with van der Waals surface area (Å²) in [5.41, 5.74) is 7.93. The van der Waals surface area contributed by atoms with Crippen molar-refractivity contribution in [3.8, 4) is 0 Å². The quantitative estimate of drug-likeness (QED) is 0.322. The number of fused-ring (bicyclic) bond motifs is 2. The first-order chi connectivity index (χ1) is 14.2. The highest BCUT2D eigenvalue weighted by atomic mass is 16.5. The van der Waals surface area contributed by atoms with Gasteiger partial charge in [0, 0.05) is 35.8 Å². The summed E-state index contributed by atoms with van der Waals surface area (Å²) in [6, 6.07) is 15.3. The summed E-state index contributed by atoms with van der Waals surface area (Å²) in [5.74, 6) is -0.516. The molecule has 150 valence electrons. The molecule has 5 nitrogen and oxygen atoms in total. The Balaban J connectivity index is 1.47. The van der Waals surface area contributed by atoms with Crippen LogP contribution >= 0.6 is 0 Å². The van der Waals surface area contributed by atoms with Crippen molar-refractivity contribution >= 4 is 22.9 Å². The monoisotopic (exact) mass is 389 g/mol. The van der Waals surface area contributed by atoms with E-state index in [0.717, 1.165) is 37.9 Å². The number of amides is 1. The third-order valence-electron chi connectivity index (χ3n) is 5.94. The molecule has 0 unspecified atom stereocenters. The lowest BCUT2D eigenvalue weighted by Crippen LogP contribution is -2.29. The predicted molar refractivity (Wildman–Crippen MR) is 116 cm³/mol. The molecule has 0 aliphatic heterocycles. The molecule has 1 amide bonds. The Morgan fingerprint density at radius 1 is 1.31 bits per heavy atom. The van der Waals surface area contributed by atoms with E-state index in [9.17, 15) is 4.79 Å². The van der Waals surface area contributed by atoms with Gasteiger partial charge in [0.25, 0.3) is 5.91 Å². The van der Waals surface area contributed by atoms with Gasteiger partial charge >= 0.3 is 0 Å². The van der Waals surface area contributed by atoms with Crippen molar-refractivity contribution in [2.45, 2.75) is 32.2 Å². The van der Waals surface area contributed by atoms with Crippen LogP contribution in [-0.4, -0.2) is 34.1 Å². The zero-order valence-corrected chi connectivity index (χ0v) is 16.7. The second kappa shape index (κ2) is 8.64. The van der Waals surface area contributed by atoms with E-state index in [4.69, 9.17) is 5.21 Å². The molecule has 1 aliphatic carbocycles. The Morgan fingerprint density at radius 2 is 2.17 bits per heavy atom. The van der Waals surface area contributed by atoms with E-state index >= 15 is 0 Å². The smallest absolute Gasteiger partial charge is 0.267 e. The van der Waals surface area contributed by atoms with Crippen LogP contribution in [0.3, 0.4) is 0 Å². The number of carbonyl (C=O) groups is 1. The zero-order chi connectivity index (χ0) is 20.2. The molecule has 0 spiro atoms. The number of likely N-dealkylation sites (N-methyl/N-ethyl adjacent to an activating group) is 1. The highest BCUT2D eigenvalue weighted by Crippen LogP contribution is 2.36. The van der Waals surface area contributed by atoms with Gasteiger partial charge in [0.15, 0.2) is 0 Å². The molecule has 3 aromatic rings. The summed E-state index contributed by atoms with van der Waals surface area (Å²) in [6.07, 6.45) is 8.42. The van der Waals surface area contributed by atoms with Crippen LogP contribution in [0.2, 0.25) is 0 Å². The van der Waals surface area contributed by atoms with Crippen LogP contribution < -0.4 is 5.48 Å². The third-order valence-corrected chi connectivity index (χ3v) is 5.94. The maximum atomic E-state index is 11.2. The molecule has 29 heavy (non-hydrogen) atoms. The van der Waals surface area contributed by atoms with Crippen LogP contribution in [0.25, 0.3) is 17.0 Å². The topological polar surface area (TPSA) is 68.4 Å². The Bertz CT molecular complexity index is 1040. The molecule has 2 aromatic carbocycles. The number of nitrogens with zero attached hydrogens (tertiary/aromatic N) is 1. The number of hydrogen-bond acceptors (Lipinski definition) is 3. The molecule has 1 heterocycles. The Morgan fingerprint density at radius 3 is 3.00 bits per heavy atom. The first-order valence-corrected chi connectivity index (χ1v) is 10.2. The van der Waals surface area contributed by atoms with Crippen LogP contribution in [0.15, 0.2) is 54.7 Å². The predicted octanol–water partition coefficient (Wildman–Crippen LogP) is 4.24. The van der Waals surface area contributed by atoms with E-state index in [1.807, 2.05) is 6.07 Å². The Hall–Kier alpha value is -2.89. The number of carbonyl (C=O) groups excluding carboxylic acids is 1. The van der Waals surface area contributed by atoms with Crippen LogP contribution in [0.5, 0.6) is 0 Å². The van der Waals surface area contributed by atoms with Gasteiger partial charge in [-0.1, -0.05) is 43.3 Å². The molecule has 0 fully saturated rings. The van der Waals surface area contributed by atoms with Gasteiger partial charge in [-0.3, -0.25) is 14.9 Å². The summed E-state index contributed by atoms with van der Waals surface area (Å²) in [4.78, 5) is 17.1. The number of aryl methyl sites for hydroxylation is 1. The van der Waals surface area contributed by atoms with E-state index in [1.54, 1.807) is 11.6 Å². The fourth-order valence-corrected chi connectivity index (χ4v) is 4.44. The average molecular weight is 389 g/mol. The lowest BCUT2D eigenvalue weighted by atomic mass is 10.0. The third kappa shape index (κ3) is 4.11. The molecule has 4 rings (SSSR count). The highest BCUT2D eigenvalue weighted by Gasteiger charge is 2.27. The molecule has 0 saturated carbocycles. The number of benzene rings is 2. The zero-order valence-electron chi connectivity index (χ0n) is 16.7. The van der Waals surface area contributed by atoms with Gasteiger partial charge in [-0.15, -0.1) is 0 Å². The maximum Gasteiger partial charge on any atom is 0.267 e. The molecule has 0 radical (unpaired) electrons. The lowest BCUT2D eigenvalue weighted by molar-refractivity contribution is -0.124. The largest absolute Gasteiger partial charge is 0.361 e. The lowest BCUT2D eigenvalue weighted by Gasteiger charge is -2.28.